The second-order valence-electron chi connectivity index (χ2n) is 8.88. The lowest BCUT2D eigenvalue weighted by Crippen LogP contribution is -2.44. The minimum atomic E-state index is -4.26. The number of carbonyl (C=O) groups excluding carboxylic acids is 2. The minimum absolute atomic E-state index is 0.00418. The van der Waals surface area contributed by atoms with Gasteiger partial charge in [0.2, 0.25) is 5.91 Å². The molecule has 0 radical (unpaired) electrons. The van der Waals surface area contributed by atoms with E-state index >= 15 is 0 Å². The van der Waals surface area contributed by atoms with Crippen molar-refractivity contribution in [1.29, 1.82) is 0 Å². The number of nitrogens with one attached hydrogen (secondary N) is 1. The molecule has 30 heavy (non-hydrogen) atoms. The van der Waals surface area contributed by atoms with Crippen molar-refractivity contribution in [1.82, 2.24) is 25.0 Å². The SMILES string of the molecule is CC(C)(C)OC(=O)N1CCC(C(=O)NCc2nnc3n2C[C@H](C(F)(F)F)CC3)CC1. The molecule has 0 spiro atoms. The zero-order valence-electron chi connectivity index (χ0n) is 17.5. The van der Waals surface area contributed by atoms with Crippen LogP contribution in [0.4, 0.5) is 18.0 Å². The van der Waals surface area contributed by atoms with E-state index in [9.17, 15) is 22.8 Å². The van der Waals surface area contributed by atoms with Gasteiger partial charge < -0.3 is 19.5 Å². The van der Waals surface area contributed by atoms with Gasteiger partial charge in [-0.15, -0.1) is 10.2 Å². The van der Waals surface area contributed by atoms with Gasteiger partial charge in [0.15, 0.2) is 5.82 Å². The van der Waals surface area contributed by atoms with Crippen molar-refractivity contribution < 1.29 is 27.5 Å². The average molecular weight is 431 g/mol. The molecule has 1 N–H and O–H groups in total. The zero-order chi connectivity index (χ0) is 22.1. The number of amides is 2. The third-order valence-corrected chi connectivity index (χ3v) is 5.42. The highest BCUT2D eigenvalue weighted by Gasteiger charge is 2.42. The van der Waals surface area contributed by atoms with Crippen molar-refractivity contribution in [3.8, 4) is 0 Å². The lowest BCUT2D eigenvalue weighted by molar-refractivity contribution is -0.182. The van der Waals surface area contributed by atoms with Gasteiger partial charge in [0.05, 0.1) is 12.5 Å². The largest absolute Gasteiger partial charge is 0.444 e. The van der Waals surface area contributed by atoms with Crippen LogP contribution in [0.25, 0.3) is 0 Å². The Labute approximate surface area is 173 Å². The summed E-state index contributed by atoms with van der Waals surface area (Å²) >= 11 is 0. The molecule has 0 aromatic carbocycles. The van der Waals surface area contributed by atoms with E-state index in [0.29, 0.717) is 37.6 Å². The fraction of sp³-hybridized carbons (Fsp3) is 0.789. The number of likely N-dealkylation sites (tertiary alicyclic amines) is 1. The summed E-state index contributed by atoms with van der Waals surface area (Å²) in [6.45, 7) is 6.04. The van der Waals surface area contributed by atoms with Crippen molar-refractivity contribution in [2.24, 2.45) is 11.8 Å². The molecular weight excluding hydrogens is 403 g/mol. The quantitative estimate of drug-likeness (QED) is 0.795. The predicted molar refractivity (Wildman–Crippen MR) is 100 cm³/mol. The molecule has 1 aromatic heterocycles. The van der Waals surface area contributed by atoms with Crippen LogP contribution in [0.15, 0.2) is 0 Å². The lowest BCUT2D eigenvalue weighted by Gasteiger charge is -2.33. The van der Waals surface area contributed by atoms with Gasteiger partial charge in [-0.1, -0.05) is 0 Å². The number of aryl methyl sites for hydroxylation is 1. The van der Waals surface area contributed by atoms with E-state index in [2.05, 4.69) is 15.5 Å². The molecule has 2 aliphatic heterocycles. The molecule has 3 heterocycles. The Morgan fingerprint density at radius 1 is 1.13 bits per heavy atom. The average Bonchev–Trinajstić information content (AvgIpc) is 3.06. The molecule has 0 saturated carbocycles. The highest BCUT2D eigenvalue weighted by molar-refractivity contribution is 5.79. The first-order chi connectivity index (χ1) is 13.9. The molecule has 3 rings (SSSR count). The smallest absolute Gasteiger partial charge is 0.410 e. The molecule has 168 valence electrons. The summed E-state index contributed by atoms with van der Waals surface area (Å²) in [4.78, 5) is 26.2. The van der Waals surface area contributed by atoms with Gasteiger partial charge in [-0.25, -0.2) is 4.79 Å². The highest BCUT2D eigenvalue weighted by Crippen LogP contribution is 2.34. The van der Waals surface area contributed by atoms with E-state index in [1.807, 2.05) is 0 Å². The number of ether oxygens (including phenoxy) is 1. The van der Waals surface area contributed by atoms with E-state index in [1.54, 1.807) is 25.7 Å². The van der Waals surface area contributed by atoms with E-state index in [-0.39, 0.29) is 37.8 Å². The number of hydrogen-bond acceptors (Lipinski definition) is 5. The fourth-order valence-electron chi connectivity index (χ4n) is 3.74. The van der Waals surface area contributed by atoms with E-state index in [1.165, 1.54) is 4.57 Å². The van der Waals surface area contributed by atoms with Crippen LogP contribution in [0.5, 0.6) is 0 Å². The Kier molecular flexibility index (Phi) is 6.28. The van der Waals surface area contributed by atoms with Crippen molar-refractivity contribution >= 4 is 12.0 Å². The zero-order valence-corrected chi connectivity index (χ0v) is 17.5. The Morgan fingerprint density at radius 2 is 1.80 bits per heavy atom. The third kappa shape index (κ3) is 5.42. The lowest BCUT2D eigenvalue weighted by atomic mass is 9.96. The van der Waals surface area contributed by atoms with Crippen LogP contribution >= 0.6 is 0 Å². The number of nitrogens with zero attached hydrogens (tertiary/aromatic N) is 4. The Hall–Kier alpha value is -2.33. The van der Waals surface area contributed by atoms with Crippen LogP contribution in [0.3, 0.4) is 0 Å². The maximum atomic E-state index is 13.0. The number of hydrogen-bond donors (Lipinski definition) is 1. The van der Waals surface area contributed by atoms with Gasteiger partial charge in [0.1, 0.15) is 11.4 Å². The van der Waals surface area contributed by atoms with Gasteiger partial charge in [-0.05, 0) is 40.0 Å². The van der Waals surface area contributed by atoms with Crippen molar-refractivity contribution in [2.75, 3.05) is 13.1 Å². The minimum Gasteiger partial charge on any atom is -0.444 e. The standard InChI is InChI=1S/C19H28F3N5O3/c1-18(2,3)30-17(29)26-8-6-12(7-9-26)16(28)23-10-15-25-24-14-5-4-13(11-27(14)15)19(20,21)22/h12-13H,4-11H2,1-3H3,(H,23,28)/t13-/m1/s1. The van der Waals surface area contributed by atoms with Crippen molar-refractivity contribution in [3.63, 3.8) is 0 Å². The van der Waals surface area contributed by atoms with E-state index in [0.717, 1.165) is 0 Å². The van der Waals surface area contributed by atoms with E-state index in [4.69, 9.17) is 4.74 Å². The van der Waals surface area contributed by atoms with E-state index < -0.39 is 23.8 Å². The van der Waals surface area contributed by atoms with Crippen LogP contribution in [0.2, 0.25) is 0 Å². The maximum Gasteiger partial charge on any atom is 0.410 e. The summed E-state index contributed by atoms with van der Waals surface area (Å²) in [5.41, 5.74) is -0.576. The summed E-state index contributed by atoms with van der Waals surface area (Å²) in [5, 5.41) is 10.7. The number of carbonyl (C=O) groups is 2. The van der Waals surface area contributed by atoms with Gasteiger partial charge in [-0.3, -0.25) is 4.79 Å². The molecule has 1 aromatic rings. The molecule has 0 bridgehead atoms. The topological polar surface area (TPSA) is 89.3 Å². The van der Waals surface area contributed by atoms with Crippen LogP contribution in [-0.2, 0) is 29.0 Å². The maximum absolute atomic E-state index is 13.0. The molecule has 0 aliphatic carbocycles. The molecule has 2 amide bonds. The van der Waals surface area contributed by atoms with Crippen LogP contribution < -0.4 is 5.32 Å². The fourth-order valence-corrected chi connectivity index (χ4v) is 3.74. The summed E-state index contributed by atoms with van der Waals surface area (Å²) < 4.78 is 46.0. The molecule has 1 atom stereocenters. The Bertz CT molecular complexity index is 779. The first-order valence-corrected chi connectivity index (χ1v) is 10.2. The first kappa shape index (κ1) is 22.4. The molecule has 8 nitrogen and oxygen atoms in total. The van der Waals surface area contributed by atoms with Gasteiger partial charge in [-0.2, -0.15) is 13.2 Å². The molecular formula is C19H28F3N5O3. The van der Waals surface area contributed by atoms with Crippen molar-refractivity contribution in [3.05, 3.63) is 11.6 Å². The third-order valence-electron chi connectivity index (χ3n) is 5.42. The summed E-state index contributed by atoms with van der Waals surface area (Å²) in [6.07, 6.45) is -3.43. The second-order valence-corrected chi connectivity index (χ2v) is 8.88. The number of aromatic nitrogens is 3. The highest BCUT2D eigenvalue weighted by atomic mass is 19.4. The molecule has 1 fully saturated rings. The second kappa shape index (κ2) is 8.43. The van der Waals surface area contributed by atoms with Crippen LogP contribution in [0.1, 0.15) is 51.7 Å². The number of alkyl halides is 3. The number of halogens is 3. The summed E-state index contributed by atoms with van der Waals surface area (Å²) in [5.74, 6) is -1.04. The molecule has 1 saturated heterocycles. The first-order valence-electron chi connectivity index (χ1n) is 10.2. The number of rotatable bonds is 3. The molecule has 0 unspecified atom stereocenters. The normalized spacial score (nSPS) is 20.6. The Morgan fingerprint density at radius 3 is 2.40 bits per heavy atom. The molecule has 11 heteroatoms. The van der Waals surface area contributed by atoms with Gasteiger partial charge in [0.25, 0.3) is 0 Å². The van der Waals surface area contributed by atoms with Crippen molar-refractivity contribution in [2.45, 2.75) is 71.3 Å². The van der Waals surface area contributed by atoms with Gasteiger partial charge in [0, 0.05) is 32.0 Å². The number of fused-ring (bicyclic) bond motifs is 1. The number of piperidine rings is 1. The summed E-state index contributed by atoms with van der Waals surface area (Å²) in [6, 6.07) is 0. The van der Waals surface area contributed by atoms with Crippen LogP contribution in [0, 0.1) is 11.8 Å². The van der Waals surface area contributed by atoms with Crippen LogP contribution in [-0.4, -0.2) is 56.5 Å². The Balaban J connectivity index is 1.50. The predicted octanol–water partition coefficient (Wildman–Crippen LogP) is 2.67. The monoisotopic (exact) mass is 431 g/mol. The van der Waals surface area contributed by atoms with Gasteiger partial charge >= 0.3 is 12.3 Å². The molecule has 2 aliphatic rings. The summed E-state index contributed by atoms with van der Waals surface area (Å²) in [7, 11) is 0.